The molecule has 1 fully saturated rings. The molecule has 4 heteroatoms. The van der Waals surface area contributed by atoms with Crippen molar-refractivity contribution in [1.29, 1.82) is 0 Å². The van der Waals surface area contributed by atoms with Crippen LogP contribution in [0.5, 0.6) is 5.75 Å². The first-order valence-electron chi connectivity index (χ1n) is 6.25. The molecule has 1 saturated heterocycles. The lowest BCUT2D eigenvalue weighted by Crippen LogP contribution is -2.36. The van der Waals surface area contributed by atoms with Gasteiger partial charge >= 0.3 is 5.97 Å². The number of fused-ring (bicyclic) bond motifs is 1. The summed E-state index contributed by atoms with van der Waals surface area (Å²) in [6.07, 6.45) is 1.86. The molecule has 0 saturated carbocycles. The number of carbonyl (C=O) groups is 1. The molecule has 2 atom stereocenters. The van der Waals surface area contributed by atoms with Gasteiger partial charge in [0.05, 0.1) is 12.0 Å². The minimum atomic E-state index is -0.764. The van der Waals surface area contributed by atoms with E-state index in [-0.39, 0.29) is 6.10 Å². The van der Waals surface area contributed by atoms with Gasteiger partial charge in [-0.25, -0.2) is 0 Å². The molecule has 2 aliphatic rings. The topological polar surface area (TPSA) is 55.8 Å². The Morgan fingerprint density at radius 3 is 2.94 bits per heavy atom. The van der Waals surface area contributed by atoms with Crippen molar-refractivity contribution < 1.29 is 19.4 Å². The summed E-state index contributed by atoms with van der Waals surface area (Å²) in [6.45, 7) is 0.838. The van der Waals surface area contributed by atoms with E-state index in [2.05, 4.69) is 0 Å². The van der Waals surface area contributed by atoms with E-state index in [0.29, 0.717) is 26.1 Å². The molecule has 1 aromatic carbocycles. The average Bonchev–Trinajstić information content (AvgIpc) is 2.95. The van der Waals surface area contributed by atoms with Crippen LogP contribution in [-0.2, 0) is 16.0 Å². The average molecular weight is 248 g/mol. The molecular formula is C14H16O4. The lowest BCUT2D eigenvalue weighted by atomic mass is 9.81. The van der Waals surface area contributed by atoms with Crippen LogP contribution in [0.4, 0.5) is 0 Å². The van der Waals surface area contributed by atoms with Crippen molar-refractivity contribution in [1.82, 2.24) is 0 Å². The first-order valence-corrected chi connectivity index (χ1v) is 6.25. The molecule has 2 aliphatic heterocycles. The largest absolute Gasteiger partial charge is 0.490 e. The first-order chi connectivity index (χ1) is 8.70. The molecule has 0 aliphatic carbocycles. The van der Waals surface area contributed by atoms with E-state index in [9.17, 15) is 9.90 Å². The van der Waals surface area contributed by atoms with E-state index in [1.165, 1.54) is 5.56 Å². The van der Waals surface area contributed by atoms with Gasteiger partial charge in [-0.3, -0.25) is 4.79 Å². The van der Waals surface area contributed by atoms with Crippen molar-refractivity contribution in [2.75, 3.05) is 13.2 Å². The molecule has 0 aromatic heterocycles. The highest BCUT2D eigenvalue weighted by Crippen LogP contribution is 2.39. The van der Waals surface area contributed by atoms with Crippen LogP contribution in [0.2, 0.25) is 0 Å². The predicted octanol–water partition coefficient (Wildman–Crippen LogP) is 1.87. The molecule has 96 valence electrons. The quantitative estimate of drug-likeness (QED) is 0.887. The van der Waals surface area contributed by atoms with E-state index in [1.54, 1.807) is 0 Å². The summed E-state index contributed by atoms with van der Waals surface area (Å²) < 4.78 is 11.1. The van der Waals surface area contributed by atoms with Gasteiger partial charge in [0.25, 0.3) is 0 Å². The summed E-state index contributed by atoms with van der Waals surface area (Å²) in [5.41, 5.74) is 0.411. The van der Waals surface area contributed by atoms with Gasteiger partial charge in [-0.15, -0.1) is 0 Å². The number of hydrogen-bond donors (Lipinski definition) is 1. The number of ether oxygens (including phenoxy) is 2. The van der Waals surface area contributed by atoms with Gasteiger partial charge in [0.1, 0.15) is 11.9 Å². The molecule has 1 aromatic rings. The number of aliphatic carboxylic acids is 1. The fourth-order valence-electron chi connectivity index (χ4n) is 2.83. The summed E-state index contributed by atoms with van der Waals surface area (Å²) in [5.74, 6) is 0.126. The lowest BCUT2D eigenvalue weighted by molar-refractivity contribution is -0.150. The molecule has 0 bridgehead atoms. The third kappa shape index (κ3) is 1.86. The smallest absolute Gasteiger partial charge is 0.312 e. The maximum absolute atomic E-state index is 11.4. The van der Waals surface area contributed by atoms with Gasteiger partial charge in [-0.2, -0.15) is 0 Å². The Hall–Kier alpha value is -1.55. The van der Waals surface area contributed by atoms with Crippen molar-refractivity contribution >= 4 is 5.97 Å². The van der Waals surface area contributed by atoms with Crippen molar-refractivity contribution in [3.63, 3.8) is 0 Å². The molecule has 0 spiro atoms. The predicted molar refractivity (Wildman–Crippen MR) is 64.7 cm³/mol. The maximum atomic E-state index is 11.4. The summed E-state index contributed by atoms with van der Waals surface area (Å²) >= 11 is 0. The van der Waals surface area contributed by atoms with E-state index in [4.69, 9.17) is 9.47 Å². The zero-order valence-electron chi connectivity index (χ0n) is 10.1. The zero-order valence-corrected chi connectivity index (χ0v) is 10.1. The molecule has 0 radical (unpaired) electrons. The van der Waals surface area contributed by atoms with E-state index in [1.807, 2.05) is 24.3 Å². The van der Waals surface area contributed by atoms with Crippen LogP contribution in [0.25, 0.3) is 0 Å². The third-order valence-corrected chi connectivity index (χ3v) is 3.89. The maximum Gasteiger partial charge on any atom is 0.312 e. The zero-order chi connectivity index (χ0) is 12.6. The first kappa shape index (κ1) is 11.5. The van der Waals surface area contributed by atoms with Gasteiger partial charge in [0.15, 0.2) is 0 Å². The van der Waals surface area contributed by atoms with Crippen LogP contribution in [-0.4, -0.2) is 30.4 Å². The van der Waals surface area contributed by atoms with Gasteiger partial charge in [-0.05, 0) is 18.1 Å². The van der Waals surface area contributed by atoms with Crippen LogP contribution in [0.1, 0.15) is 18.4 Å². The van der Waals surface area contributed by atoms with Gasteiger partial charge in [0, 0.05) is 19.4 Å². The fraction of sp³-hybridized carbons (Fsp3) is 0.500. The Morgan fingerprint density at radius 2 is 2.28 bits per heavy atom. The minimum Gasteiger partial charge on any atom is -0.490 e. The second-order valence-electron chi connectivity index (χ2n) is 5.14. The summed E-state index contributed by atoms with van der Waals surface area (Å²) in [5, 5.41) is 9.41. The van der Waals surface area contributed by atoms with Crippen LogP contribution >= 0.6 is 0 Å². The number of carboxylic acids is 1. The summed E-state index contributed by atoms with van der Waals surface area (Å²) in [6, 6.07) is 7.89. The molecule has 1 N–H and O–H groups in total. The molecular weight excluding hydrogens is 232 g/mol. The minimum absolute atomic E-state index is 0.0415. The Bertz CT molecular complexity index is 438. The van der Waals surface area contributed by atoms with E-state index >= 15 is 0 Å². The Balaban J connectivity index is 1.73. The number of benzene rings is 1. The lowest BCUT2D eigenvalue weighted by Gasteiger charge is -2.25. The van der Waals surface area contributed by atoms with Crippen molar-refractivity contribution in [2.24, 2.45) is 5.41 Å². The van der Waals surface area contributed by atoms with Gasteiger partial charge < -0.3 is 14.6 Å². The summed E-state index contributed by atoms with van der Waals surface area (Å²) in [7, 11) is 0. The highest BCUT2D eigenvalue weighted by molar-refractivity contribution is 5.75. The number of para-hydroxylation sites is 1. The van der Waals surface area contributed by atoms with Crippen molar-refractivity contribution in [3.05, 3.63) is 29.8 Å². The van der Waals surface area contributed by atoms with Crippen LogP contribution < -0.4 is 4.74 Å². The van der Waals surface area contributed by atoms with Crippen LogP contribution in [0, 0.1) is 5.41 Å². The Morgan fingerprint density at radius 1 is 1.44 bits per heavy atom. The number of hydrogen-bond acceptors (Lipinski definition) is 3. The Labute approximate surface area is 106 Å². The fourth-order valence-corrected chi connectivity index (χ4v) is 2.83. The molecule has 3 rings (SSSR count). The standard InChI is InChI=1S/C14H16O4/c15-13(16)14(5-6-17-9-14)8-11-7-10-3-1-2-4-12(10)18-11/h1-4,11H,5-9H2,(H,15,16). The molecule has 2 heterocycles. The van der Waals surface area contributed by atoms with Crippen molar-refractivity contribution in [3.8, 4) is 5.75 Å². The molecule has 2 unspecified atom stereocenters. The van der Waals surface area contributed by atoms with E-state index in [0.717, 1.165) is 12.2 Å². The van der Waals surface area contributed by atoms with Gasteiger partial charge in [0.2, 0.25) is 0 Å². The third-order valence-electron chi connectivity index (χ3n) is 3.89. The van der Waals surface area contributed by atoms with Crippen LogP contribution in [0.15, 0.2) is 24.3 Å². The van der Waals surface area contributed by atoms with Crippen LogP contribution in [0.3, 0.4) is 0 Å². The molecule has 0 amide bonds. The number of rotatable bonds is 3. The normalized spacial score (nSPS) is 29.9. The molecule has 18 heavy (non-hydrogen) atoms. The number of carboxylic acid groups (broad SMARTS) is 1. The highest BCUT2D eigenvalue weighted by Gasteiger charge is 2.45. The van der Waals surface area contributed by atoms with E-state index < -0.39 is 11.4 Å². The highest BCUT2D eigenvalue weighted by atomic mass is 16.5. The van der Waals surface area contributed by atoms with Crippen molar-refractivity contribution in [2.45, 2.75) is 25.4 Å². The second-order valence-corrected chi connectivity index (χ2v) is 5.14. The monoisotopic (exact) mass is 248 g/mol. The molecule has 4 nitrogen and oxygen atoms in total. The summed E-state index contributed by atoms with van der Waals surface area (Å²) in [4.78, 5) is 11.4. The SMILES string of the molecule is O=C(O)C1(CC2Cc3ccccc3O2)CCOC1. The second kappa shape index (κ2) is 4.28. The van der Waals surface area contributed by atoms with Gasteiger partial charge in [-0.1, -0.05) is 18.2 Å². The Kier molecular flexibility index (Phi) is 2.74.